The number of aromatic nitrogens is 2. The van der Waals surface area contributed by atoms with E-state index in [0.717, 1.165) is 34.3 Å². The lowest BCUT2D eigenvalue weighted by atomic mass is 10.1. The highest BCUT2D eigenvalue weighted by molar-refractivity contribution is 6.31. The lowest BCUT2D eigenvalue weighted by molar-refractivity contribution is 0.495. The lowest BCUT2D eigenvalue weighted by Crippen LogP contribution is -2.08. The molecule has 0 N–H and O–H groups in total. The third-order valence-electron chi connectivity index (χ3n) is 4.22. The highest BCUT2D eigenvalue weighted by Gasteiger charge is 2.45. The van der Waals surface area contributed by atoms with Gasteiger partial charge in [0.05, 0.1) is 16.4 Å². The zero-order chi connectivity index (χ0) is 13.8. The first-order valence-corrected chi connectivity index (χ1v) is 7.50. The van der Waals surface area contributed by atoms with Crippen LogP contribution in [0.25, 0.3) is 11.0 Å². The van der Waals surface area contributed by atoms with Crippen LogP contribution in [0.3, 0.4) is 0 Å². The second kappa shape index (κ2) is 4.39. The maximum absolute atomic E-state index is 6.28. The second-order valence-corrected chi connectivity index (χ2v) is 7.31. The van der Waals surface area contributed by atoms with E-state index in [1.165, 1.54) is 6.42 Å². The van der Waals surface area contributed by atoms with E-state index < -0.39 is 0 Å². The summed E-state index contributed by atoms with van der Waals surface area (Å²) in [5.74, 6) is 1.66. The normalized spacial score (nSPS) is 22.7. The Morgan fingerprint density at radius 3 is 2.74 bits per heavy atom. The van der Waals surface area contributed by atoms with Crippen molar-refractivity contribution in [2.24, 2.45) is 11.3 Å². The van der Waals surface area contributed by atoms with E-state index in [9.17, 15) is 0 Å². The predicted octanol–water partition coefficient (Wildman–Crippen LogP) is 5.04. The monoisotopic (exact) mass is 296 g/mol. The van der Waals surface area contributed by atoms with Crippen LogP contribution < -0.4 is 0 Å². The smallest absolute Gasteiger partial charge is 0.127 e. The zero-order valence-corrected chi connectivity index (χ0v) is 13.0. The second-order valence-electron chi connectivity index (χ2n) is 6.22. The summed E-state index contributed by atoms with van der Waals surface area (Å²) in [6.07, 6.45) is 1.27. The van der Waals surface area contributed by atoms with Gasteiger partial charge in [0, 0.05) is 11.6 Å². The van der Waals surface area contributed by atoms with Gasteiger partial charge in [-0.25, -0.2) is 4.98 Å². The molecule has 1 aliphatic rings. The van der Waals surface area contributed by atoms with Crippen molar-refractivity contribution >= 4 is 34.2 Å². The molecule has 0 saturated heterocycles. The molecule has 2 aromatic rings. The first-order valence-electron chi connectivity index (χ1n) is 6.68. The molecule has 1 aliphatic carbocycles. The Morgan fingerprint density at radius 2 is 2.16 bits per heavy atom. The standard InChI is InChI=1S/C15H18Cl2N2/c1-9(16)14-18-12-6-11(17)4-5-13(12)19(14)8-10-7-15(10,2)3/h4-6,9-10H,7-8H2,1-3H3. The zero-order valence-electron chi connectivity index (χ0n) is 11.5. The minimum Gasteiger partial charge on any atom is -0.326 e. The van der Waals surface area contributed by atoms with Crippen molar-refractivity contribution in [3.8, 4) is 0 Å². The molecular formula is C15H18Cl2N2. The molecule has 1 fully saturated rings. The predicted molar refractivity (Wildman–Crippen MR) is 80.9 cm³/mol. The number of halogens is 2. The van der Waals surface area contributed by atoms with E-state index in [4.69, 9.17) is 23.2 Å². The van der Waals surface area contributed by atoms with Gasteiger partial charge in [-0.1, -0.05) is 25.4 Å². The Kier molecular flexibility index (Phi) is 3.06. The van der Waals surface area contributed by atoms with Crippen LogP contribution in [0, 0.1) is 11.3 Å². The first-order chi connectivity index (χ1) is 8.88. The molecule has 2 unspecified atom stereocenters. The summed E-state index contributed by atoms with van der Waals surface area (Å²) in [7, 11) is 0. The lowest BCUT2D eigenvalue weighted by Gasteiger charge is -2.11. The number of imidazole rings is 1. The molecule has 0 radical (unpaired) electrons. The van der Waals surface area contributed by atoms with E-state index >= 15 is 0 Å². The van der Waals surface area contributed by atoms with Crippen molar-refractivity contribution < 1.29 is 0 Å². The van der Waals surface area contributed by atoms with Gasteiger partial charge in [0.25, 0.3) is 0 Å². The van der Waals surface area contributed by atoms with Crippen molar-refractivity contribution in [3.63, 3.8) is 0 Å². The number of benzene rings is 1. The molecular weight excluding hydrogens is 279 g/mol. The Morgan fingerprint density at radius 1 is 1.47 bits per heavy atom. The van der Waals surface area contributed by atoms with Crippen molar-refractivity contribution in [1.29, 1.82) is 0 Å². The summed E-state index contributed by atoms with van der Waals surface area (Å²) in [5, 5.41) is 0.630. The SMILES string of the molecule is CC(Cl)c1nc2cc(Cl)ccc2n1CC1CC1(C)C. The third kappa shape index (κ3) is 2.36. The summed E-state index contributed by atoms with van der Waals surface area (Å²) >= 11 is 12.3. The van der Waals surface area contributed by atoms with Crippen molar-refractivity contribution in [1.82, 2.24) is 9.55 Å². The molecule has 0 bridgehead atoms. The quantitative estimate of drug-likeness (QED) is 0.726. The molecule has 0 amide bonds. The number of hydrogen-bond donors (Lipinski definition) is 0. The van der Waals surface area contributed by atoms with Gasteiger partial charge in [-0.05, 0) is 42.9 Å². The molecule has 0 spiro atoms. The van der Waals surface area contributed by atoms with Crippen LogP contribution in [-0.2, 0) is 6.54 Å². The topological polar surface area (TPSA) is 17.8 Å². The first kappa shape index (κ1) is 13.3. The van der Waals surface area contributed by atoms with Gasteiger partial charge in [0.15, 0.2) is 0 Å². The van der Waals surface area contributed by atoms with E-state index in [1.807, 2.05) is 25.1 Å². The molecule has 3 rings (SSSR count). The van der Waals surface area contributed by atoms with Crippen LogP contribution >= 0.6 is 23.2 Å². The van der Waals surface area contributed by atoms with Crippen LogP contribution in [0.1, 0.15) is 38.4 Å². The molecule has 2 nitrogen and oxygen atoms in total. The fraction of sp³-hybridized carbons (Fsp3) is 0.533. The van der Waals surface area contributed by atoms with Gasteiger partial charge in [-0.2, -0.15) is 0 Å². The van der Waals surface area contributed by atoms with Crippen molar-refractivity contribution in [3.05, 3.63) is 29.0 Å². The van der Waals surface area contributed by atoms with E-state index in [2.05, 4.69) is 23.4 Å². The highest BCUT2D eigenvalue weighted by Crippen LogP contribution is 2.53. The Balaban J connectivity index is 2.07. The van der Waals surface area contributed by atoms with Gasteiger partial charge >= 0.3 is 0 Å². The average molecular weight is 297 g/mol. The maximum atomic E-state index is 6.28. The minimum atomic E-state index is -0.0898. The fourth-order valence-corrected chi connectivity index (χ4v) is 3.06. The number of rotatable bonds is 3. The fourth-order valence-electron chi connectivity index (χ4n) is 2.73. The van der Waals surface area contributed by atoms with Crippen molar-refractivity contribution in [2.75, 3.05) is 0 Å². The van der Waals surface area contributed by atoms with Crippen LogP contribution in [-0.4, -0.2) is 9.55 Å². The molecule has 19 heavy (non-hydrogen) atoms. The molecule has 1 heterocycles. The summed E-state index contributed by atoms with van der Waals surface area (Å²) in [6, 6.07) is 5.87. The Hall–Kier alpha value is -0.730. The molecule has 2 atom stereocenters. The Labute approximate surface area is 123 Å². The van der Waals surface area contributed by atoms with Crippen LogP contribution in [0.2, 0.25) is 5.02 Å². The van der Waals surface area contributed by atoms with Gasteiger partial charge in [0.1, 0.15) is 5.82 Å². The largest absolute Gasteiger partial charge is 0.326 e. The van der Waals surface area contributed by atoms with Crippen LogP contribution in [0.4, 0.5) is 0 Å². The number of fused-ring (bicyclic) bond motifs is 1. The van der Waals surface area contributed by atoms with Gasteiger partial charge < -0.3 is 4.57 Å². The molecule has 102 valence electrons. The minimum absolute atomic E-state index is 0.0898. The van der Waals surface area contributed by atoms with Gasteiger partial charge in [0.2, 0.25) is 0 Å². The van der Waals surface area contributed by atoms with E-state index in [-0.39, 0.29) is 5.38 Å². The van der Waals surface area contributed by atoms with Crippen LogP contribution in [0.15, 0.2) is 18.2 Å². The Bertz CT molecular complexity index is 628. The number of alkyl halides is 1. The summed E-state index contributed by atoms with van der Waals surface area (Å²) in [5.41, 5.74) is 2.53. The highest BCUT2D eigenvalue weighted by atomic mass is 35.5. The molecule has 4 heteroatoms. The number of nitrogens with zero attached hydrogens (tertiary/aromatic N) is 2. The van der Waals surface area contributed by atoms with Crippen molar-refractivity contribution in [2.45, 2.75) is 39.1 Å². The van der Waals surface area contributed by atoms with E-state index in [1.54, 1.807) is 0 Å². The average Bonchev–Trinajstić information content (AvgIpc) is 2.77. The van der Waals surface area contributed by atoms with Gasteiger partial charge in [-0.15, -0.1) is 11.6 Å². The van der Waals surface area contributed by atoms with E-state index in [0.29, 0.717) is 5.41 Å². The summed E-state index contributed by atoms with van der Waals surface area (Å²) < 4.78 is 2.27. The maximum Gasteiger partial charge on any atom is 0.127 e. The van der Waals surface area contributed by atoms with Gasteiger partial charge in [-0.3, -0.25) is 0 Å². The summed E-state index contributed by atoms with van der Waals surface area (Å²) in [6.45, 7) is 7.60. The molecule has 1 saturated carbocycles. The number of hydrogen-bond acceptors (Lipinski definition) is 1. The van der Waals surface area contributed by atoms with Crippen LogP contribution in [0.5, 0.6) is 0 Å². The molecule has 1 aromatic heterocycles. The molecule has 0 aliphatic heterocycles. The molecule has 1 aromatic carbocycles. The summed E-state index contributed by atoms with van der Waals surface area (Å²) in [4.78, 5) is 4.65. The third-order valence-corrected chi connectivity index (χ3v) is 4.65.